The zero-order valence-corrected chi connectivity index (χ0v) is 22.5. The molecule has 5 rings (SSSR count). The van der Waals surface area contributed by atoms with E-state index in [4.69, 9.17) is 9.47 Å². The van der Waals surface area contributed by atoms with Gasteiger partial charge in [-0.15, -0.1) is 0 Å². The molecule has 0 amide bonds. The van der Waals surface area contributed by atoms with Gasteiger partial charge in [0, 0.05) is 30.3 Å². The maximum Gasteiger partial charge on any atom is 0.322 e. The lowest BCUT2D eigenvalue weighted by molar-refractivity contribution is -0.218. The number of hydrogen-bond acceptors (Lipinski definition) is 5. The normalized spacial score (nSPS) is 39.4. The third-order valence-corrected chi connectivity index (χ3v) is 9.22. The van der Waals surface area contributed by atoms with E-state index in [1.165, 1.54) is 0 Å². The number of carbonyl (C=O) groups excluding carboxylic acids is 2. The van der Waals surface area contributed by atoms with Crippen molar-refractivity contribution in [1.82, 2.24) is 4.90 Å². The Kier molecular flexibility index (Phi) is 5.61. The van der Waals surface area contributed by atoms with Gasteiger partial charge in [0.05, 0.1) is 5.41 Å². The first-order chi connectivity index (χ1) is 14.1. The van der Waals surface area contributed by atoms with Crippen molar-refractivity contribution in [2.75, 3.05) is 7.05 Å². The van der Waals surface area contributed by atoms with E-state index in [1.807, 2.05) is 13.8 Å². The summed E-state index contributed by atoms with van der Waals surface area (Å²) in [5.74, 6) is 0.739. The molecule has 0 N–H and O–H groups in total. The number of nitrogens with zero attached hydrogens (tertiary/aromatic N) is 1. The summed E-state index contributed by atoms with van der Waals surface area (Å²) >= 11 is 2.15. The number of carbonyl (C=O) groups is 2. The standard InChI is InChI=1S/C25H40INO4/c1-21(2)13-18(14-22(3,4)27(21)7)30-20(29)24-9-16-8-17(10-24)12-25(11-16,15-24)31-19(28)23(5,6)26/h16-18H,8-15H2,1-7H3. The Morgan fingerprint density at radius 1 is 0.935 bits per heavy atom. The molecule has 1 aliphatic heterocycles. The highest BCUT2D eigenvalue weighted by Crippen LogP contribution is 2.63. The van der Waals surface area contributed by atoms with E-state index in [0.29, 0.717) is 18.3 Å². The molecule has 0 aromatic rings. The van der Waals surface area contributed by atoms with Crippen LogP contribution in [0.3, 0.4) is 0 Å². The monoisotopic (exact) mass is 545 g/mol. The molecule has 0 radical (unpaired) electrons. The molecule has 2 atom stereocenters. The van der Waals surface area contributed by atoms with Crippen LogP contribution in [0.25, 0.3) is 0 Å². The van der Waals surface area contributed by atoms with Gasteiger partial charge >= 0.3 is 11.9 Å². The van der Waals surface area contributed by atoms with E-state index in [-0.39, 0.29) is 29.1 Å². The predicted octanol–water partition coefficient (Wildman–Crippen LogP) is 5.28. The molecule has 2 unspecified atom stereocenters. The Balaban J connectivity index is 1.53. The Labute approximate surface area is 201 Å². The van der Waals surface area contributed by atoms with Gasteiger partial charge in [-0.1, -0.05) is 22.6 Å². The second-order valence-electron chi connectivity index (χ2n) is 12.9. The molecule has 4 saturated carbocycles. The van der Waals surface area contributed by atoms with Crippen molar-refractivity contribution in [2.45, 2.75) is 119 Å². The van der Waals surface area contributed by atoms with Gasteiger partial charge < -0.3 is 9.47 Å². The van der Waals surface area contributed by atoms with Crippen molar-refractivity contribution in [1.29, 1.82) is 0 Å². The van der Waals surface area contributed by atoms with Gasteiger partial charge in [0.15, 0.2) is 0 Å². The Hall–Kier alpha value is -0.370. The number of hydrogen-bond donors (Lipinski definition) is 0. The Morgan fingerprint density at radius 2 is 1.45 bits per heavy atom. The van der Waals surface area contributed by atoms with Crippen LogP contribution in [-0.2, 0) is 19.1 Å². The first-order valence-electron chi connectivity index (χ1n) is 11.9. The molecule has 5 nitrogen and oxygen atoms in total. The second kappa shape index (κ2) is 7.31. The maximum atomic E-state index is 13.7. The number of likely N-dealkylation sites (tertiary alicyclic amines) is 1. The average Bonchev–Trinajstić information content (AvgIpc) is 2.56. The molecule has 6 heteroatoms. The molecule has 4 bridgehead atoms. The zero-order chi connectivity index (χ0) is 23.0. The van der Waals surface area contributed by atoms with E-state index < -0.39 is 14.4 Å². The van der Waals surface area contributed by atoms with Gasteiger partial charge in [0.1, 0.15) is 15.1 Å². The number of alkyl halides is 1. The average molecular weight is 546 g/mol. The zero-order valence-electron chi connectivity index (χ0n) is 20.3. The smallest absolute Gasteiger partial charge is 0.322 e. The molecule has 5 fully saturated rings. The molecule has 31 heavy (non-hydrogen) atoms. The molecule has 4 aliphatic carbocycles. The molecular formula is C25H40INO4. The highest BCUT2D eigenvalue weighted by molar-refractivity contribution is 14.1. The first-order valence-corrected chi connectivity index (χ1v) is 13.0. The second-order valence-corrected chi connectivity index (χ2v) is 15.6. The molecule has 0 spiro atoms. The SMILES string of the molecule is CN1C(C)(C)CC(OC(=O)C23CC4CC(CC(OC(=O)C(C)(C)I)(C4)C2)C3)CC1(C)C. The maximum absolute atomic E-state index is 13.7. The fraction of sp³-hybridized carbons (Fsp3) is 0.920. The molecule has 176 valence electrons. The molecule has 5 aliphatic rings. The van der Waals surface area contributed by atoms with E-state index in [2.05, 4.69) is 62.2 Å². The van der Waals surface area contributed by atoms with E-state index in [0.717, 1.165) is 44.9 Å². The topological polar surface area (TPSA) is 55.8 Å². The molecule has 0 aromatic heterocycles. The van der Waals surface area contributed by atoms with Crippen LogP contribution in [0, 0.1) is 17.3 Å². The summed E-state index contributed by atoms with van der Waals surface area (Å²) in [6.07, 6.45) is 7.06. The lowest BCUT2D eigenvalue weighted by atomic mass is 9.48. The first kappa shape index (κ1) is 23.8. The van der Waals surface area contributed by atoms with Crippen LogP contribution in [0.5, 0.6) is 0 Å². The summed E-state index contributed by atoms with van der Waals surface area (Å²) in [5.41, 5.74) is -0.987. The van der Waals surface area contributed by atoms with Crippen LogP contribution >= 0.6 is 22.6 Å². The number of esters is 2. The molecule has 1 saturated heterocycles. The van der Waals surface area contributed by atoms with Gasteiger partial charge in [0.2, 0.25) is 0 Å². The highest BCUT2D eigenvalue weighted by atomic mass is 127. The summed E-state index contributed by atoms with van der Waals surface area (Å²) in [4.78, 5) is 28.9. The lowest BCUT2D eigenvalue weighted by Gasteiger charge is -2.60. The molecule has 1 heterocycles. The van der Waals surface area contributed by atoms with Crippen LogP contribution in [0.15, 0.2) is 0 Å². The van der Waals surface area contributed by atoms with Crippen LogP contribution in [0.4, 0.5) is 0 Å². The van der Waals surface area contributed by atoms with Gasteiger partial charge in [-0.05, 0) is 92.5 Å². The summed E-state index contributed by atoms with van der Waals surface area (Å²) in [5, 5.41) is 0. The van der Waals surface area contributed by atoms with E-state index in [1.54, 1.807) is 0 Å². The summed E-state index contributed by atoms with van der Waals surface area (Å²) in [6.45, 7) is 12.7. The fourth-order valence-electron chi connectivity index (χ4n) is 7.49. The summed E-state index contributed by atoms with van der Waals surface area (Å²) < 4.78 is 11.9. The van der Waals surface area contributed by atoms with Gasteiger partial charge in [-0.2, -0.15) is 0 Å². The van der Waals surface area contributed by atoms with Crippen molar-refractivity contribution < 1.29 is 19.1 Å². The van der Waals surface area contributed by atoms with Crippen molar-refractivity contribution in [3.05, 3.63) is 0 Å². The lowest BCUT2D eigenvalue weighted by Crippen LogP contribution is -2.62. The van der Waals surface area contributed by atoms with Crippen LogP contribution in [0.2, 0.25) is 0 Å². The minimum Gasteiger partial charge on any atom is -0.462 e. The Bertz CT molecular complexity index is 736. The minimum atomic E-state index is -0.556. The third kappa shape index (κ3) is 4.29. The van der Waals surface area contributed by atoms with Gasteiger partial charge in [-0.25, -0.2) is 0 Å². The fourth-order valence-corrected chi connectivity index (χ4v) is 7.60. The van der Waals surface area contributed by atoms with Crippen molar-refractivity contribution in [3.63, 3.8) is 0 Å². The minimum absolute atomic E-state index is 0.0171. The predicted molar refractivity (Wildman–Crippen MR) is 129 cm³/mol. The van der Waals surface area contributed by atoms with Crippen molar-refractivity contribution in [3.8, 4) is 0 Å². The largest absolute Gasteiger partial charge is 0.462 e. The number of rotatable bonds is 4. The number of ether oxygens (including phenoxy) is 2. The van der Waals surface area contributed by atoms with Crippen LogP contribution in [0.1, 0.15) is 92.9 Å². The summed E-state index contributed by atoms with van der Waals surface area (Å²) in [7, 11) is 2.17. The summed E-state index contributed by atoms with van der Waals surface area (Å²) in [6, 6.07) is 0. The molecule has 0 aromatic carbocycles. The van der Waals surface area contributed by atoms with Crippen LogP contribution in [-0.4, -0.2) is 50.1 Å². The van der Waals surface area contributed by atoms with Gasteiger partial charge in [0.25, 0.3) is 0 Å². The van der Waals surface area contributed by atoms with Gasteiger partial charge in [-0.3, -0.25) is 14.5 Å². The Morgan fingerprint density at radius 3 is 1.94 bits per heavy atom. The van der Waals surface area contributed by atoms with E-state index in [9.17, 15) is 9.59 Å². The third-order valence-electron chi connectivity index (χ3n) is 8.78. The van der Waals surface area contributed by atoms with Crippen molar-refractivity contribution in [2.24, 2.45) is 17.3 Å². The van der Waals surface area contributed by atoms with Crippen LogP contribution < -0.4 is 0 Å². The van der Waals surface area contributed by atoms with Crippen molar-refractivity contribution >= 4 is 34.5 Å². The van der Waals surface area contributed by atoms with E-state index >= 15 is 0 Å². The number of piperidine rings is 1. The number of halogens is 1. The quantitative estimate of drug-likeness (QED) is 0.274. The highest BCUT2D eigenvalue weighted by Gasteiger charge is 2.63. The molecular weight excluding hydrogens is 505 g/mol.